The van der Waals surface area contributed by atoms with Gasteiger partial charge in [-0.2, -0.15) is 10.3 Å². The van der Waals surface area contributed by atoms with Crippen LogP contribution >= 0.6 is 0 Å². The van der Waals surface area contributed by atoms with E-state index in [9.17, 15) is 4.79 Å². The summed E-state index contributed by atoms with van der Waals surface area (Å²) in [4.78, 5) is 17.1. The molecule has 3 aromatic rings. The number of nitrogens with one attached hydrogen (secondary N) is 2. The van der Waals surface area contributed by atoms with Gasteiger partial charge in [-0.3, -0.25) is 4.79 Å². The van der Waals surface area contributed by atoms with E-state index in [4.69, 9.17) is 0 Å². The Morgan fingerprint density at radius 1 is 1.00 bits per heavy atom. The smallest absolute Gasteiger partial charge is 0.270 e. The topological polar surface area (TPSA) is 83.6 Å². The normalized spacial score (nSPS) is 24.7. The van der Waals surface area contributed by atoms with Gasteiger partial charge < -0.3 is 5.32 Å². The first kappa shape index (κ1) is 14.6. The van der Waals surface area contributed by atoms with Gasteiger partial charge in [0.15, 0.2) is 0 Å². The third-order valence-electron chi connectivity index (χ3n) is 5.72. The predicted molar refractivity (Wildman–Crippen MR) is 93.0 cm³/mol. The van der Waals surface area contributed by atoms with Crippen LogP contribution in [0.1, 0.15) is 34.5 Å². The molecule has 1 fully saturated rings. The fraction of sp³-hybridized carbons (Fsp3) is 0.368. The maximum Gasteiger partial charge on any atom is 0.270 e. The Kier molecular flexibility index (Phi) is 3.29. The second-order valence-corrected chi connectivity index (χ2v) is 7.14. The lowest BCUT2D eigenvalue weighted by atomic mass is 9.94. The molecule has 5 rings (SSSR count). The monoisotopic (exact) mass is 333 g/mol. The van der Waals surface area contributed by atoms with E-state index in [0.717, 1.165) is 12.8 Å². The van der Waals surface area contributed by atoms with Crippen LogP contribution in [0.2, 0.25) is 0 Å². The van der Waals surface area contributed by atoms with Gasteiger partial charge in [-0.15, -0.1) is 5.10 Å². The van der Waals surface area contributed by atoms with Crippen molar-refractivity contribution in [2.45, 2.75) is 31.7 Å². The molecule has 0 radical (unpaired) electrons. The van der Waals surface area contributed by atoms with Crippen molar-refractivity contribution in [2.75, 3.05) is 0 Å². The largest absolute Gasteiger partial charge is 0.347 e. The Morgan fingerprint density at radius 2 is 1.72 bits per heavy atom. The zero-order valence-electron chi connectivity index (χ0n) is 13.8. The van der Waals surface area contributed by atoms with Gasteiger partial charge in [0.25, 0.3) is 5.91 Å². The van der Waals surface area contributed by atoms with E-state index < -0.39 is 0 Å². The summed E-state index contributed by atoms with van der Waals surface area (Å²) in [6, 6.07) is 12.4. The van der Waals surface area contributed by atoms with Crippen LogP contribution < -0.4 is 5.32 Å². The Labute approximate surface area is 145 Å². The molecule has 2 aliphatic rings. The van der Waals surface area contributed by atoms with Crippen molar-refractivity contribution in [1.82, 2.24) is 25.7 Å². The molecule has 1 amide bonds. The van der Waals surface area contributed by atoms with E-state index >= 15 is 0 Å². The number of carbonyl (C=O) groups is 1. The Balaban J connectivity index is 1.39. The first-order valence-electron chi connectivity index (χ1n) is 8.83. The molecule has 2 aliphatic carbocycles. The number of carbonyl (C=O) groups excluding carboxylic acids is 1. The van der Waals surface area contributed by atoms with Gasteiger partial charge in [0.2, 0.25) is 5.65 Å². The van der Waals surface area contributed by atoms with Crippen molar-refractivity contribution in [1.29, 1.82) is 0 Å². The van der Waals surface area contributed by atoms with Crippen LogP contribution in [0.25, 0.3) is 11.2 Å². The van der Waals surface area contributed by atoms with E-state index in [-0.39, 0.29) is 11.9 Å². The molecule has 6 heteroatoms. The molecular formula is C19H19N5O. The number of H-pyrrole nitrogens is 1. The Morgan fingerprint density at radius 3 is 2.44 bits per heavy atom. The molecule has 1 saturated carbocycles. The van der Waals surface area contributed by atoms with E-state index in [1.54, 1.807) is 12.1 Å². The number of hydrogen-bond donors (Lipinski definition) is 2. The lowest BCUT2D eigenvalue weighted by Gasteiger charge is -2.23. The average Bonchev–Trinajstić information content (AvgIpc) is 3.18. The molecular weight excluding hydrogens is 314 g/mol. The highest BCUT2D eigenvalue weighted by Gasteiger charge is 2.39. The fourth-order valence-corrected chi connectivity index (χ4v) is 4.48. The number of aromatic nitrogens is 4. The fourth-order valence-electron chi connectivity index (χ4n) is 4.48. The van der Waals surface area contributed by atoms with Crippen molar-refractivity contribution in [3.8, 4) is 0 Å². The number of nitrogens with zero attached hydrogens (tertiary/aromatic N) is 3. The molecule has 2 unspecified atom stereocenters. The zero-order chi connectivity index (χ0) is 16.8. The molecule has 2 atom stereocenters. The van der Waals surface area contributed by atoms with Crippen LogP contribution in [0, 0.1) is 11.8 Å². The van der Waals surface area contributed by atoms with Crippen LogP contribution in [-0.4, -0.2) is 32.3 Å². The third-order valence-corrected chi connectivity index (χ3v) is 5.72. The van der Waals surface area contributed by atoms with Crippen molar-refractivity contribution in [2.24, 2.45) is 11.8 Å². The Bertz CT molecular complexity index is 917. The van der Waals surface area contributed by atoms with Gasteiger partial charge in [-0.1, -0.05) is 24.3 Å². The van der Waals surface area contributed by atoms with Gasteiger partial charge in [0, 0.05) is 6.04 Å². The molecule has 0 saturated heterocycles. The summed E-state index contributed by atoms with van der Waals surface area (Å²) in [5.41, 5.74) is 4.43. The number of amides is 1. The van der Waals surface area contributed by atoms with Crippen LogP contribution in [0.3, 0.4) is 0 Å². The quantitative estimate of drug-likeness (QED) is 0.753. The summed E-state index contributed by atoms with van der Waals surface area (Å²) >= 11 is 0. The number of hydrogen-bond acceptors (Lipinski definition) is 4. The van der Waals surface area contributed by atoms with E-state index in [1.807, 2.05) is 0 Å². The highest BCUT2D eigenvalue weighted by molar-refractivity contribution is 5.94. The molecule has 0 aliphatic heterocycles. The Hall–Kier alpha value is -2.76. The van der Waals surface area contributed by atoms with Gasteiger partial charge in [0.05, 0.1) is 0 Å². The summed E-state index contributed by atoms with van der Waals surface area (Å²) < 4.78 is 0. The number of benzene rings is 1. The number of fused-ring (bicyclic) bond motifs is 4. The van der Waals surface area contributed by atoms with Gasteiger partial charge in [-0.05, 0) is 60.8 Å². The zero-order valence-corrected chi connectivity index (χ0v) is 13.8. The summed E-state index contributed by atoms with van der Waals surface area (Å²) in [7, 11) is 0. The van der Waals surface area contributed by atoms with Crippen molar-refractivity contribution >= 4 is 17.1 Å². The maximum atomic E-state index is 12.8. The minimum Gasteiger partial charge on any atom is -0.347 e. The molecule has 126 valence electrons. The summed E-state index contributed by atoms with van der Waals surface area (Å²) in [5, 5.41) is 13.7. The maximum absolute atomic E-state index is 12.8. The molecule has 2 aromatic heterocycles. The van der Waals surface area contributed by atoms with Crippen LogP contribution in [0.4, 0.5) is 0 Å². The van der Waals surface area contributed by atoms with Crippen molar-refractivity contribution in [3.05, 3.63) is 53.2 Å². The molecule has 1 aromatic carbocycles. The minimum atomic E-state index is -0.113. The first-order chi connectivity index (χ1) is 12.3. The van der Waals surface area contributed by atoms with Gasteiger partial charge >= 0.3 is 0 Å². The second kappa shape index (κ2) is 5.65. The molecule has 25 heavy (non-hydrogen) atoms. The van der Waals surface area contributed by atoms with Gasteiger partial charge in [-0.25, -0.2) is 4.98 Å². The van der Waals surface area contributed by atoms with Crippen molar-refractivity contribution in [3.63, 3.8) is 0 Å². The highest BCUT2D eigenvalue weighted by atomic mass is 16.2. The van der Waals surface area contributed by atoms with E-state index in [2.05, 4.69) is 50.0 Å². The number of rotatable bonds is 2. The molecule has 2 heterocycles. The number of pyridine rings is 1. The molecule has 6 nitrogen and oxygen atoms in total. The summed E-state index contributed by atoms with van der Waals surface area (Å²) in [5.74, 6) is 0.902. The number of aromatic amines is 1. The SMILES string of the molecule is O=C(NC1C2CCC1Cc1ccccc1C2)c1ccc2n[nH]nc2n1. The predicted octanol–water partition coefficient (Wildman–Crippen LogP) is 2.28. The second-order valence-electron chi connectivity index (χ2n) is 7.14. The standard InChI is InChI=1S/C19H19N5O/c25-19(16-8-7-15-18(20-16)23-24-22-15)21-17-13-5-6-14(17)10-12-4-2-1-3-11(12)9-13/h1-4,7-8,13-14,17H,5-6,9-10H2,(H,21,25)(H,20,22,23,24). The molecule has 0 spiro atoms. The average molecular weight is 333 g/mol. The molecule has 2 bridgehead atoms. The van der Waals surface area contributed by atoms with Crippen LogP contribution in [-0.2, 0) is 12.8 Å². The third kappa shape index (κ3) is 2.49. The van der Waals surface area contributed by atoms with E-state index in [0.29, 0.717) is 28.7 Å². The van der Waals surface area contributed by atoms with Crippen LogP contribution in [0.15, 0.2) is 36.4 Å². The van der Waals surface area contributed by atoms with Gasteiger partial charge in [0.1, 0.15) is 11.2 Å². The van der Waals surface area contributed by atoms with Crippen LogP contribution in [0.5, 0.6) is 0 Å². The highest BCUT2D eigenvalue weighted by Crippen LogP contribution is 2.40. The molecule has 2 N–H and O–H groups in total. The first-order valence-corrected chi connectivity index (χ1v) is 8.83. The van der Waals surface area contributed by atoms with E-state index in [1.165, 1.54) is 24.0 Å². The van der Waals surface area contributed by atoms with Crippen molar-refractivity contribution < 1.29 is 4.79 Å². The summed E-state index contributed by atoms with van der Waals surface area (Å²) in [6.45, 7) is 0. The lowest BCUT2D eigenvalue weighted by molar-refractivity contribution is 0.0911. The minimum absolute atomic E-state index is 0.113. The summed E-state index contributed by atoms with van der Waals surface area (Å²) in [6.07, 6.45) is 4.46. The lowest BCUT2D eigenvalue weighted by Crippen LogP contribution is -2.42.